The second-order valence-corrected chi connectivity index (χ2v) is 6.00. The lowest BCUT2D eigenvalue weighted by molar-refractivity contribution is -0.148. The maximum Gasteiger partial charge on any atom is 0.389 e. The third-order valence-corrected chi connectivity index (χ3v) is 3.52. The van der Waals surface area contributed by atoms with Crippen LogP contribution in [0.25, 0.3) is 0 Å². The molecule has 7 heteroatoms. The van der Waals surface area contributed by atoms with Crippen LogP contribution < -0.4 is 11.1 Å². The minimum absolute atomic E-state index is 0.0944. The van der Waals surface area contributed by atoms with Gasteiger partial charge in [0.2, 0.25) is 0 Å². The molecule has 0 aromatic rings. The van der Waals surface area contributed by atoms with Crippen LogP contribution in [0.2, 0.25) is 0 Å². The number of amides is 2. The number of urea groups is 1. The monoisotopic (exact) mass is 295 g/mol. The molecule has 1 saturated heterocycles. The lowest BCUT2D eigenvalue weighted by Gasteiger charge is -2.37. The Morgan fingerprint density at radius 3 is 2.55 bits per heavy atom. The summed E-state index contributed by atoms with van der Waals surface area (Å²) in [5.41, 5.74) is 5.21. The van der Waals surface area contributed by atoms with E-state index in [1.807, 2.05) is 0 Å². The largest absolute Gasteiger partial charge is 0.389 e. The van der Waals surface area contributed by atoms with Crippen LogP contribution in [0.4, 0.5) is 18.0 Å². The van der Waals surface area contributed by atoms with Crippen LogP contribution in [0.5, 0.6) is 0 Å². The minimum Gasteiger partial charge on any atom is -0.351 e. The Morgan fingerprint density at radius 2 is 2.05 bits per heavy atom. The second-order valence-electron chi connectivity index (χ2n) is 6.00. The molecule has 0 aromatic heterocycles. The number of hydrogen-bond donors (Lipinski definition) is 2. The number of carbonyl (C=O) groups excluding carboxylic acids is 1. The van der Waals surface area contributed by atoms with Gasteiger partial charge in [0.15, 0.2) is 0 Å². The summed E-state index contributed by atoms with van der Waals surface area (Å²) in [6.45, 7) is 5.40. The number of alkyl halides is 3. The lowest BCUT2D eigenvalue weighted by atomic mass is 9.91. The molecule has 20 heavy (non-hydrogen) atoms. The highest BCUT2D eigenvalue weighted by atomic mass is 19.4. The first-order chi connectivity index (χ1) is 9.17. The topological polar surface area (TPSA) is 58.4 Å². The molecule has 2 atom stereocenters. The van der Waals surface area contributed by atoms with Gasteiger partial charge in [-0.05, 0) is 31.2 Å². The number of piperidine rings is 1. The van der Waals surface area contributed by atoms with Gasteiger partial charge >= 0.3 is 12.2 Å². The van der Waals surface area contributed by atoms with Crippen molar-refractivity contribution < 1.29 is 18.0 Å². The molecule has 3 N–H and O–H groups in total. The van der Waals surface area contributed by atoms with Gasteiger partial charge in [-0.2, -0.15) is 13.2 Å². The zero-order valence-electron chi connectivity index (χ0n) is 12.0. The number of rotatable bonds is 5. The molecule has 0 radical (unpaired) electrons. The maximum atomic E-state index is 12.5. The summed E-state index contributed by atoms with van der Waals surface area (Å²) in [7, 11) is 0. The first kappa shape index (κ1) is 17.1. The van der Waals surface area contributed by atoms with Gasteiger partial charge in [-0.1, -0.05) is 13.8 Å². The molecule has 2 amide bonds. The standard InChI is InChI=1S/C13H24F3N3O/c1-9(2)3-4-18-11-5-10(6-13(14,15)16)7-19(8-11)12(17)20/h9-11,18H,3-8H2,1-2H3,(H2,17,20). The summed E-state index contributed by atoms with van der Waals surface area (Å²) in [4.78, 5) is 12.5. The van der Waals surface area contributed by atoms with E-state index in [4.69, 9.17) is 5.73 Å². The van der Waals surface area contributed by atoms with Gasteiger partial charge < -0.3 is 16.0 Å². The van der Waals surface area contributed by atoms with E-state index in [0.717, 1.165) is 13.0 Å². The van der Waals surface area contributed by atoms with Crippen molar-refractivity contribution in [1.82, 2.24) is 10.2 Å². The normalized spacial score (nSPS) is 24.2. The molecule has 0 bridgehead atoms. The number of nitrogens with two attached hydrogens (primary N) is 1. The van der Waals surface area contributed by atoms with E-state index in [2.05, 4.69) is 19.2 Å². The van der Waals surface area contributed by atoms with Gasteiger partial charge in [0.05, 0.1) is 0 Å². The van der Waals surface area contributed by atoms with E-state index < -0.39 is 24.5 Å². The Labute approximate surface area is 117 Å². The number of nitrogens with zero attached hydrogens (tertiary/aromatic N) is 1. The Morgan fingerprint density at radius 1 is 1.40 bits per heavy atom. The molecule has 118 valence electrons. The van der Waals surface area contributed by atoms with Gasteiger partial charge in [-0.25, -0.2) is 4.79 Å². The van der Waals surface area contributed by atoms with E-state index in [0.29, 0.717) is 18.9 Å². The predicted octanol–water partition coefficient (Wildman–Crippen LogP) is 2.34. The third-order valence-electron chi connectivity index (χ3n) is 3.52. The van der Waals surface area contributed by atoms with E-state index in [9.17, 15) is 18.0 Å². The smallest absolute Gasteiger partial charge is 0.351 e. The molecule has 0 saturated carbocycles. The number of likely N-dealkylation sites (tertiary alicyclic amines) is 1. The average molecular weight is 295 g/mol. The minimum atomic E-state index is -4.20. The summed E-state index contributed by atoms with van der Waals surface area (Å²) in [5.74, 6) is -0.0443. The Kier molecular flexibility index (Phi) is 6.10. The van der Waals surface area contributed by atoms with Crippen molar-refractivity contribution in [3.8, 4) is 0 Å². The number of hydrogen-bond acceptors (Lipinski definition) is 2. The van der Waals surface area contributed by atoms with Crippen molar-refractivity contribution in [2.75, 3.05) is 19.6 Å². The summed E-state index contributed by atoms with van der Waals surface area (Å²) in [6, 6.07) is -0.755. The average Bonchev–Trinajstić information content (AvgIpc) is 2.25. The van der Waals surface area contributed by atoms with Crippen molar-refractivity contribution >= 4 is 6.03 Å². The molecule has 1 fully saturated rings. The summed E-state index contributed by atoms with van der Waals surface area (Å²) in [6.07, 6.45) is -3.68. The van der Waals surface area contributed by atoms with Crippen molar-refractivity contribution in [3.05, 3.63) is 0 Å². The highest BCUT2D eigenvalue weighted by molar-refractivity contribution is 5.72. The number of primary amides is 1. The maximum absolute atomic E-state index is 12.5. The lowest BCUT2D eigenvalue weighted by Crippen LogP contribution is -2.53. The fraction of sp³-hybridized carbons (Fsp3) is 0.923. The van der Waals surface area contributed by atoms with E-state index >= 15 is 0 Å². The molecule has 1 rings (SSSR count). The molecule has 2 unspecified atom stereocenters. The fourth-order valence-electron chi connectivity index (χ4n) is 2.58. The van der Waals surface area contributed by atoms with Crippen LogP contribution in [0, 0.1) is 11.8 Å². The number of nitrogens with one attached hydrogen (secondary N) is 1. The van der Waals surface area contributed by atoms with Crippen LogP contribution in [0.15, 0.2) is 0 Å². The highest BCUT2D eigenvalue weighted by Gasteiger charge is 2.37. The van der Waals surface area contributed by atoms with Crippen LogP contribution in [-0.4, -0.2) is 42.8 Å². The molecule has 4 nitrogen and oxygen atoms in total. The predicted molar refractivity (Wildman–Crippen MR) is 71.2 cm³/mol. The second kappa shape index (κ2) is 7.15. The Balaban J connectivity index is 2.54. The molecule has 0 spiro atoms. The Hall–Kier alpha value is -0.980. The van der Waals surface area contributed by atoms with Crippen molar-refractivity contribution in [1.29, 1.82) is 0 Å². The molecule has 1 aliphatic heterocycles. The number of halogens is 3. The van der Waals surface area contributed by atoms with Crippen molar-refractivity contribution in [2.45, 2.75) is 45.3 Å². The van der Waals surface area contributed by atoms with E-state index in [-0.39, 0.29) is 12.6 Å². The van der Waals surface area contributed by atoms with Gasteiger partial charge in [-0.3, -0.25) is 0 Å². The first-order valence-corrected chi connectivity index (χ1v) is 7.02. The summed E-state index contributed by atoms with van der Waals surface area (Å²) in [5, 5.41) is 3.24. The third kappa shape index (κ3) is 6.45. The zero-order valence-corrected chi connectivity index (χ0v) is 12.0. The fourth-order valence-corrected chi connectivity index (χ4v) is 2.58. The van der Waals surface area contributed by atoms with Crippen LogP contribution in [0.1, 0.15) is 33.1 Å². The van der Waals surface area contributed by atoms with Crippen molar-refractivity contribution in [3.63, 3.8) is 0 Å². The molecular weight excluding hydrogens is 271 g/mol. The summed E-state index contributed by atoms with van der Waals surface area (Å²) >= 11 is 0. The van der Waals surface area contributed by atoms with Gasteiger partial charge in [0, 0.05) is 25.6 Å². The Bertz CT molecular complexity index is 320. The highest BCUT2D eigenvalue weighted by Crippen LogP contribution is 2.30. The van der Waals surface area contributed by atoms with Crippen LogP contribution in [-0.2, 0) is 0 Å². The molecule has 1 aliphatic rings. The molecule has 0 aliphatic carbocycles. The molecule has 0 aromatic carbocycles. The van der Waals surface area contributed by atoms with E-state index in [1.54, 1.807) is 0 Å². The quantitative estimate of drug-likeness (QED) is 0.818. The van der Waals surface area contributed by atoms with Gasteiger partial charge in [-0.15, -0.1) is 0 Å². The van der Waals surface area contributed by atoms with Crippen LogP contribution >= 0.6 is 0 Å². The summed E-state index contributed by atoms with van der Waals surface area (Å²) < 4.78 is 37.5. The zero-order chi connectivity index (χ0) is 15.3. The molecular formula is C13H24F3N3O. The first-order valence-electron chi connectivity index (χ1n) is 7.02. The van der Waals surface area contributed by atoms with Gasteiger partial charge in [0.1, 0.15) is 0 Å². The van der Waals surface area contributed by atoms with Crippen molar-refractivity contribution in [2.24, 2.45) is 17.6 Å². The SMILES string of the molecule is CC(C)CCNC1CC(CC(F)(F)F)CN(C(N)=O)C1. The molecule has 1 heterocycles. The van der Waals surface area contributed by atoms with E-state index in [1.165, 1.54) is 4.90 Å². The van der Waals surface area contributed by atoms with Crippen LogP contribution in [0.3, 0.4) is 0 Å². The van der Waals surface area contributed by atoms with Gasteiger partial charge in [0.25, 0.3) is 0 Å². The number of carbonyl (C=O) groups is 1.